The van der Waals surface area contributed by atoms with Crippen LogP contribution in [0.1, 0.15) is 0 Å². The predicted octanol–water partition coefficient (Wildman–Crippen LogP) is 4.29. The quantitative estimate of drug-likeness (QED) is 0.627. The molecule has 0 heterocycles. The molecule has 2 aromatic rings. The topological polar surface area (TPSA) is 52.4 Å². The number of benzene rings is 2. The molecule has 0 aliphatic carbocycles. The van der Waals surface area contributed by atoms with Crippen molar-refractivity contribution in [2.75, 3.05) is 0 Å². The summed E-state index contributed by atoms with van der Waals surface area (Å²) in [7, 11) is 0. The van der Waals surface area contributed by atoms with Crippen LogP contribution in [-0.4, -0.2) is 4.92 Å². The fraction of sp³-hybridized carbons (Fsp3) is 0. The largest absolute Gasteiger partial charge is 0.450 e. The second-order valence-corrected chi connectivity index (χ2v) is 4.34. The summed E-state index contributed by atoms with van der Waals surface area (Å²) in [5.41, 5.74) is -0.278. The highest BCUT2D eigenvalue weighted by molar-refractivity contribution is 9.10. The van der Waals surface area contributed by atoms with Crippen LogP contribution in [0.15, 0.2) is 46.9 Å². The summed E-state index contributed by atoms with van der Waals surface area (Å²) >= 11 is 3.26. The highest BCUT2D eigenvalue weighted by atomic mass is 79.9. The predicted molar refractivity (Wildman–Crippen MR) is 67.3 cm³/mol. The maximum absolute atomic E-state index is 13.1. The molecule has 0 aromatic heterocycles. The lowest BCUT2D eigenvalue weighted by molar-refractivity contribution is -0.385. The third kappa shape index (κ3) is 2.84. The summed E-state index contributed by atoms with van der Waals surface area (Å²) in [6.07, 6.45) is 0. The van der Waals surface area contributed by atoms with Crippen molar-refractivity contribution in [1.29, 1.82) is 0 Å². The molecule has 0 saturated carbocycles. The Labute approximate surface area is 110 Å². The van der Waals surface area contributed by atoms with Crippen molar-refractivity contribution in [3.05, 3.63) is 62.9 Å². The minimum Gasteiger partial charge on any atom is -0.450 e. The first kappa shape index (κ1) is 12.5. The molecule has 2 aromatic carbocycles. The minimum absolute atomic E-state index is 0.123. The second-order valence-electron chi connectivity index (χ2n) is 3.43. The first-order valence-corrected chi connectivity index (χ1v) is 5.73. The van der Waals surface area contributed by atoms with E-state index >= 15 is 0 Å². The number of nitrogens with zero attached hydrogens (tertiary/aromatic N) is 1. The van der Waals surface area contributed by atoms with Gasteiger partial charge in [0.25, 0.3) is 0 Å². The minimum atomic E-state index is -0.617. The molecule has 6 heteroatoms. The second kappa shape index (κ2) is 5.14. The molecule has 4 nitrogen and oxygen atoms in total. The van der Waals surface area contributed by atoms with Crippen LogP contribution >= 0.6 is 15.9 Å². The molecule has 0 aliphatic heterocycles. The van der Waals surface area contributed by atoms with Crippen molar-refractivity contribution in [3.8, 4) is 11.5 Å². The van der Waals surface area contributed by atoms with E-state index in [4.69, 9.17) is 4.74 Å². The van der Waals surface area contributed by atoms with E-state index in [1.165, 1.54) is 0 Å². The van der Waals surface area contributed by atoms with Crippen molar-refractivity contribution in [1.82, 2.24) is 0 Å². The number of nitro benzene ring substituents is 1. The van der Waals surface area contributed by atoms with Crippen molar-refractivity contribution in [2.45, 2.75) is 0 Å². The van der Waals surface area contributed by atoms with Gasteiger partial charge in [0.15, 0.2) is 0 Å². The number of hydrogen-bond donors (Lipinski definition) is 0. The van der Waals surface area contributed by atoms with Gasteiger partial charge < -0.3 is 4.74 Å². The Hall–Kier alpha value is -1.95. The van der Waals surface area contributed by atoms with Gasteiger partial charge in [-0.1, -0.05) is 15.9 Å². The maximum Gasteiger partial charge on any atom is 0.311 e. The molecule has 2 rings (SSSR count). The van der Waals surface area contributed by atoms with Crippen molar-refractivity contribution >= 4 is 21.6 Å². The van der Waals surface area contributed by atoms with E-state index in [1.807, 2.05) is 0 Å². The lowest BCUT2D eigenvalue weighted by Gasteiger charge is -2.06. The number of hydrogen-bond acceptors (Lipinski definition) is 3. The van der Waals surface area contributed by atoms with Gasteiger partial charge in [-0.25, -0.2) is 4.39 Å². The molecular weight excluding hydrogens is 305 g/mol. The van der Waals surface area contributed by atoms with E-state index in [0.717, 1.165) is 22.7 Å². The smallest absolute Gasteiger partial charge is 0.311 e. The molecule has 0 bridgehead atoms. The van der Waals surface area contributed by atoms with Gasteiger partial charge >= 0.3 is 5.69 Å². The Morgan fingerprint density at radius 2 is 1.83 bits per heavy atom. The molecule has 0 spiro atoms. The lowest BCUT2D eigenvalue weighted by Crippen LogP contribution is -1.94. The molecule has 0 atom stereocenters. The molecule has 92 valence electrons. The van der Waals surface area contributed by atoms with Gasteiger partial charge in [0.2, 0.25) is 5.75 Å². The van der Waals surface area contributed by atoms with Crippen LogP contribution in [0.2, 0.25) is 0 Å². The zero-order valence-electron chi connectivity index (χ0n) is 8.97. The maximum atomic E-state index is 13.1. The monoisotopic (exact) mass is 311 g/mol. The summed E-state index contributed by atoms with van der Waals surface area (Å²) in [5.74, 6) is -0.318. The Morgan fingerprint density at radius 3 is 2.44 bits per heavy atom. The zero-order valence-corrected chi connectivity index (χ0v) is 10.6. The SMILES string of the molecule is O=[N+]([O-])c1ccc(F)cc1Oc1ccc(Br)cc1. The summed E-state index contributed by atoms with van der Waals surface area (Å²) in [5, 5.41) is 10.8. The lowest BCUT2D eigenvalue weighted by atomic mass is 10.3. The number of ether oxygens (including phenoxy) is 1. The average Bonchev–Trinajstić information content (AvgIpc) is 2.32. The van der Waals surface area contributed by atoms with E-state index in [9.17, 15) is 14.5 Å². The first-order valence-electron chi connectivity index (χ1n) is 4.93. The van der Waals surface area contributed by atoms with Crippen molar-refractivity contribution in [2.24, 2.45) is 0 Å². The van der Waals surface area contributed by atoms with Crippen LogP contribution in [0.3, 0.4) is 0 Å². The van der Waals surface area contributed by atoms with E-state index < -0.39 is 10.7 Å². The van der Waals surface area contributed by atoms with Gasteiger partial charge in [0, 0.05) is 16.6 Å². The Balaban J connectivity index is 2.35. The molecule has 18 heavy (non-hydrogen) atoms. The number of nitro groups is 1. The van der Waals surface area contributed by atoms with Gasteiger partial charge in [-0.15, -0.1) is 0 Å². The summed E-state index contributed by atoms with van der Waals surface area (Å²) in [4.78, 5) is 10.2. The van der Waals surface area contributed by atoms with Crippen LogP contribution in [0.25, 0.3) is 0 Å². The van der Waals surface area contributed by atoms with E-state index in [2.05, 4.69) is 15.9 Å². The molecule has 0 N–H and O–H groups in total. The van der Waals surface area contributed by atoms with Crippen molar-refractivity contribution < 1.29 is 14.1 Å². The highest BCUT2D eigenvalue weighted by Gasteiger charge is 2.16. The van der Waals surface area contributed by atoms with Crippen LogP contribution in [0, 0.1) is 15.9 Å². The van der Waals surface area contributed by atoms with Gasteiger partial charge in [-0.05, 0) is 30.3 Å². The fourth-order valence-electron chi connectivity index (χ4n) is 1.35. The van der Waals surface area contributed by atoms with Gasteiger partial charge in [0.1, 0.15) is 11.6 Å². The Kier molecular flexibility index (Phi) is 3.57. The normalized spacial score (nSPS) is 10.1. The van der Waals surface area contributed by atoms with Gasteiger partial charge in [-0.2, -0.15) is 0 Å². The standard InChI is InChI=1S/C12H7BrFNO3/c13-8-1-4-10(5-2-8)18-12-7-9(14)3-6-11(12)15(16)17/h1-7H. The third-order valence-electron chi connectivity index (χ3n) is 2.16. The molecule has 0 amide bonds. The molecule has 0 radical (unpaired) electrons. The van der Waals surface area contributed by atoms with E-state index in [1.54, 1.807) is 24.3 Å². The number of halogens is 2. The van der Waals surface area contributed by atoms with E-state index in [0.29, 0.717) is 5.75 Å². The summed E-state index contributed by atoms with van der Waals surface area (Å²) in [6.45, 7) is 0. The number of rotatable bonds is 3. The molecule has 0 fully saturated rings. The summed E-state index contributed by atoms with van der Waals surface area (Å²) in [6, 6.07) is 9.77. The third-order valence-corrected chi connectivity index (χ3v) is 2.69. The average molecular weight is 312 g/mol. The fourth-order valence-corrected chi connectivity index (χ4v) is 1.61. The Bertz CT molecular complexity index is 586. The Morgan fingerprint density at radius 1 is 1.17 bits per heavy atom. The summed E-state index contributed by atoms with van der Waals surface area (Å²) < 4.78 is 19.2. The van der Waals surface area contributed by atoms with Gasteiger partial charge in [0.05, 0.1) is 4.92 Å². The van der Waals surface area contributed by atoms with Crippen LogP contribution in [0.5, 0.6) is 11.5 Å². The molecular formula is C12H7BrFNO3. The highest BCUT2D eigenvalue weighted by Crippen LogP contribution is 2.32. The molecule has 0 saturated heterocycles. The van der Waals surface area contributed by atoms with Gasteiger partial charge in [-0.3, -0.25) is 10.1 Å². The zero-order chi connectivity index (χ0) is 13.1. The van der Waals surface area contributed by atoms with Crippen LogP contribution < -0.4 is 4.74 Å². The first-order chi connectivity index (χ1) is 8.56. The molecule has 0 unspecified atom stereocenters. The molecule has 0 aliphatic rings. The van der Waals surface area contributed by atoms with E-state index in [-0.39, 0.29) is 11.4 Å². The van der Waals surface area contributed by atoms with Crippen LogP contribution in [0.4, 0.5) is 10.1 Å². The van der Waals surface area contributed by atoms with Crippen LogP contribution in [-0.2, 0) is 0 Å². The van der Waals surface area contributed by atoms with Crippen molar-refractivity contribution in [3.63, 3.8) is 0 Å².